The van der Waals surface area contributed by atoms with Gasteiger partial charge in [0.1, 0.15) is 5.38 Å². The molecule has 3 aromatic rings. The van der Waals surface area contributed by atoms with Crippen molar-refractivity contribution in [1.82, 2.24) is 15.2 Å². The Bertz CT molecular complexity index is 721. The fraction of sp³-hybridized carbons (Fsp3) is 0.214. The molecule has 1 atom stereocenters. The number of aromatic nitrogens is 3. The highest BCUT2D eigenvalue weighted by molar-refractivity contribution is 6.20. The molecule has 0 saturated heterocycles. The Hall–Kier alpha value is -2.14. The maximum atomic E-state index is 5.88. The second-order valence-electron chi connectivity index (χ2n) is 4.41. The fourth-order valence-electron chi connectivity index (χ4n) is 1.95. The number of alkyl halides is 1. The number of nitrogens with zero attached hydrogens (tertiary/aromatic N) is 3. The van der Waals surface area contributed by atoms with Crippen molar-refractivity contribution in [3.63, 3.8) is 0 Å². The van der Waals surface area contributed by atoms with Crippen molar-refractivity contribution in [3.8, 4) is 0 Å². The number of benzene rings is 1. The Morgan fingerprint density at radius 1 is 1.25 bits per heavy atom. The summed E-state index contributed by atoms with van der Waals surface area (Å²) < 4.78 is 5.39. The van der Waals surface area contributed by atoms with Gasteiger partial charge in [0.25, 0.3) is 0 Å². The van der Waals surface area contributed by atoms with E-state index in [0.717, 1.165) is 16.5 Å². The minimum Gasteiger partial charge on any atom is -0.406 e. The second-order valence-corrected chi connectivity index (χ2v) is 5.06. The molecule has 2 heterocycles. The van der Waals surface area contributed by atoms with E-state index in [1.807, 2.05) is 30.3 Å². The summed E-state index contributed by atoms with van der Waals surface area (Å²) in [5.74, 6) is 0.408. The molecule has 0 fully saturated rings. The van der Waals surface area contributed by atoms with Crippen molar-refractivity contribution in [2.24, 2.45) is 0 Å². The van der Waals surface area contributed by atoms with Gasteiger partial charge in [-0.15, -0.1) is 16.7 Å². The molecule has 0 saturated carbocycles. The smallest absolute Gasteiger partial charge is 0.315 e. The predicted octanol–water partition coefficient (Wildman–Crippen LogP) is 3.53. The molecule has 6 heteroatoms. The molecule has 0 aliphatic rings. The third-order valence-corrected chi connectivity index (χ3v) is 3.11. The largest absolute Gasteiger partial charge is 0.406 e. The van der Waals surface area contributed by atoms with Crippen LogP contribution in [0.2, 0.25) is 0 Å². The Kier molecular flexibility index (Phi) is 3.52. The lowest BCUT2D eigenvalue weighted by molar-refractivity contribution is 0.506. The van der Waals surface area contributed by atoms with E-state index in [1.54, 1.807) is 13.1 Å². The van der Waals surface area contributed by atoms with Crippen LogP contribution in [-0.2, 0) is 6.54 Å². The van der Waals surface area contributed by atoms with E-state index in [2.05, 4.69) is 20.5 Å². The van der Waals surface area contributed by atoms with E-state index >= 15 is 0 Å². The van der Waals surface area contributed by atoms with Gasteiger partial charge in [0.15, 0.2) is 0 Å². The molecule has 1 N–H and O–H groups in total. The zero-order valence-corrected chi connectivity index (χ0v) is 11.6. The number of fused-ring (bicyclic) bond motifs is 1. The monoisotopic (exact) mass is 288 g/mol. The molecule has 5 nitrogen and oxygen atoms in total. The minimum absolute atomic E-state index is 0.294. The molecule has 0 bridgehead atoms. The van der Waals surface area contributed by atoms with Gasteiger partial charge >= 0.3 is 6.01 Å². The summed E-state index contributed by atoms with van der Waals surface area (Å²) in [6.45, 7) is 2.35. The third-order valence-electron chi connectivity index (χ3n) is 2.93. The zero-order chi connectivity index (χ0) is 13.9. The van der Waals surface area contributed by atoms with Gasteiger partial charge in [-0.2, -0.15) is 0 Å². The van der Waals surface area contributed by atoms with Crippen LogP contribution in [0.4, 0.5) is 6.01 Å². The van der Waals surface area contributed by atoms with E-state index in [0.29, 0.717) is 18.5 Å². The summed E-state index contributed by atoms with van der Waals surface area (Å²) in [4.78, 5) is 4.40. The molecule has 0 spiro atoms. The van der Waals surface area contributed by atoms with Crippen LogP contribution in [-0.4, -0.2) is 15.2 Å². The number of halogens is 1. The topological polar surface area (TPSA) is 63.8 Å². The van der Waals surface area contributed by atoms with Crippen molar-refractivity contribution in [3.05, 3.63) is 48.0 Å². The Morgan fingerprint density at radius 3 is 2.90 bits per heavy atom. The molecule has 0 amide bonds. The molecule has 20 heavy (non-hydrogen) atoms. The van der Waals surface area contributed by atoms with Crippen molar-refractivity contribution < 1.29 is 4.42 Å². The SMILES string of the molecule is CC(Cl)c1nnc(NCc2cccc3cccnc23)o1. The van der Waals surface area contributed by atoms with Gasteiger partial charge in [-0.05, 0) is 18.6 Å². The Morgan fingerprint density at radius 2 is 2.10 bits per heavy atom. The second kappa shape index (κ2) is 5.46. The van der Waals surface area contributed by atoms with Gasteiger partial charge < -0.3 is 9.73 Å². The lowest BCUT2D eigenvalue weighted by Crippen LogP contribution is -2.01. The van der Waals surface area contributed by atoms with Crippen LogP contribution < -0.4 is 5.32 Å². The van der Waals surface area contributed by atoms with Crippen molar-refractivity contribution >= 4 is 28.5 Å². The summed E-state index contributed by atoms with van der Waals surface area (Å²) in [5.41, 5.74) is 2.04. The number of rotatable bonds is 4. The molecule has 1 unspecified atom stereocenters. The minimum atomic E-state index is -0.294. The van der Waals surface area contributed by atoms with Gasteiger partial charge in [-0.25, -0.2) is 0 Å². The average molecular weight is 289 g/mol. The molecule has 2 aromatic heterocycles. The van der Waals surface area contributed by atoms with Crippen molar-refractivity contribution in [2.45, 2.75) is 18.8 Å². The van der Waals surface area contributed by atoms with Gasteiger partial charge in [-0.1, -0.05) is 29.4 Å². The summed E-state index contributed by atoms with van der Waals surface area (Å²) in [6.07, 6.45) is 1.78. The third kappa shape index (κ3) is 2.58. The molecule has 1 aromatic carbocycles. The van der Waals surface area contributed by atoms with Crippen LogP contribution in [0.1, 0.15) is 23.8 Å². The van der Waals surface area contributed by atoms with Gasteiger partial charge in [0, 0.05) is 18.1 Å². The normalized spacial score (nSPS) is 12.5. The highest BCUT2D eigenvalue weighted by Crippen LogP contribution is 2.20. The highest BCUT2D eigenvalue weighted by atomic mass is 35.5. The lowest BCUT2D eigenvalue weighted by Gasteiger charge is -2.05. The molecule has 0 radical (unpaired) electrons. The highest BCUT2D eigenvalue weighted by Gasteiger charge is 2.11. The number of hydrogen-bond acceptors (Lipinski definition) is 5. The molecule has 3 rings (SSSR count). The average Bonchev–Trinajstić information content (AvgIpc) is 2.94. The zero-order valence-electron chi connectivity index (χ0n) is 10.9. The van der Waals surface area contributed by atoms with E-state index < -0.39 is 0 Å². The van der Waals surface area contributed by atoms with Crippen LogP contribution in [0.3, 0.4) is 0 Å². The summed E-state index contributed by atoms with van der Waals surface area (Å²) >= 11 is 5.88. The molecule has 102 valence electrons. The van der Waals surface area contributed by atoms with E-state index in [1.165, 1.54) is 0 Å². The van der Waals surface area contributed by atoms with Crippen LogP contribution in [0, 0.1) is 0 Å². The predicted molar refractivity (Wildman–Crippen MR) is 77.6 cm³/mol. The summed E-state index contributed by atoms with van der Waals surface area (Å²) in [5, 5.41) is 11.7. The van der Waals surface area contributed by atoms with E-state index in [4.69, 9.17) is 16.0 Å². The first-order chi connectivity index (χ1) is 9.74. The maximum absolute atomic E-state index is 5.88. The lowest BCUT2D eigenvalue weighted by atomic mass is 10.1. The van der Waals surface area contributed by atoms with Crippen LogP contribution in [0.25, 0.3) is 10.9 Å². The molecular weight excluding hydrogens is 276 g/mol. The fourth-order valence-corrected chi connectivity index (χ4v) is 2.04. The van der Waals surface area contributed by atoms with Crippen molar-refractivity contribution in [1.29, 1.82) is 0 Å². The molecule has 0 aliphatic carbocycles. The van der Waals surface area contributed by atoms with Gasteiger partial charge in [0.2, 0.25) is 5.89 Å². The van der Waals surface area contributed by atoms with Gasteiger partial charge in [-0.3, -0.25) is 4.98 Å². The maximum Gasteiger partial charge on any atom is 0.315 e. The van der Waals surface area contributed by atoms with Crippen LogP contribution >= 0.6 is 11.6 Å². The number of para-hydroxylation sites is 1. The van der Waals surface area contributed by atoms with Crippen molar-refractivity contribution in [2.75, 3.05) is 5.32 Å². The first-order valence-corrected chi connectivity index (χ1v) is 6.71. The van der Waals surface area contributed by atoms with E-state index in [-0.39, 0.29) is 5.38 Å². The first kappa shape index (κ1) is 12.9. The van der Waals surface area contributed by atoms with E-state index in [9.17, 15) is 0 Å². The number of anilines is 1. The molecular formula is C14H13ClN4O. The number of hydrogen-bond donors (Lipinski definition) is 1. The van der Waals surface area contributed by atoms with Crippen LogP contribution in [0.5, 0.6) is 0 Å². The number of nitrogens with one attached hydrogen (secondary N) is 1. The number of pyridine rings is 1. The Balaban J connectivity index is 1.79. The first-order valence-electron chi connectivity index (χ1n) is 6.28. The quantitative estimate of drug-likeness (QED) is 0.744. The molecule has 0 aliphatic heterocycles. The summed E-state index contributed by atoms with van der Waals surface area (Å²) in [7, 11) is 0. The standard InChI is InChI=1S/C14H13ClN4O/c1-9(15)13-18-19-14(20-13)17-8-11-5-2-4-10-6-3-7-16-12(10)11/h2-7,9H,8H2,1H3,(H,17,19). The van der Waals surface area contributed by atoms with Gasteiger partial charge in [0.05, 0.1) is 5.52 Å². The Labute approximate surface area is 121 Å². The summed E-state index contributed by atoms with van der Waals surface area (Å²) in [6, 6.07) is 10.4. The van der Waals surface area contributed by atoms with Crippen LogP contribution in [0.15, 0.2) is 40.9 Å².